The number of carboxylic acids is 1. The molecule has 2 fully saturated rings. The first-order chi connectivity index (χ1) is 10.6. The van der Waals surface area contributed by atoms with Crippen molar-refractivity contribution < 1.29 is 28.2 Å². The minimum absolute atomic E-state index is 0.275. The summed E-state index contributed by atoms with van der Waals surface area (Å²) in [6.45, 7) is 1.48. The molecule has 0 spiro atoms. The molecule has 0 aromatic carbocycles. The number of sulfone groups is 1. The lowest BCUT2D eigenvalue weighted by Crippen LogP contribution is -2.71. The first-order valence-electron chi connectivity index (χ1n) is 6.96. The predicted octanol–water partition coefficient (Wildman–Crippen LogP) is -0.644. The quantitative estimate of drug-likeness (QED) is 0.701. The van der Waals surface area contributed by atoms with Crippen molar-refractivity contribution in [2.45, 2.75) is 35.4 Å². The van der Waals surface area contributed by atoms with E-state index in [9.17, 15) is 28.2 Å². The van der Waals surface area contributed by atoms with Crippen LogP contribution in [0, 0.1) is 0 Å². The van der Waals surface area contributed by atoms with Gasteiger partial charge in [-0.15, -0.1) is 0 Å². The summed E-state index contributed by atoms with van der Waals surface area (Å²) < 4.78 is 23.9. The van der Waals surface area contributed by atoms with Crippen molar-refractivity contribution in [2.24, 2.45) is 0 Å². The van der Waals surface area contributed by atoms with Crippen molar-refractivity contribution in [2.75, 3.05) is 6.61 Å². The Morgan fingerprint density at radius 1 is 1.39 bits per heavy atom. The molecule has 3 heterocycles. The molecule has 3 rings (SSSR count). The largest absolute Gasteiger partial charge is 0.479 e. The second-order valence-corrected chi connectivity index (χ2v) is 8.80. The summed E-state index contributed by atoms with van der Waals surface area (Å²) in [5.41, 5.74) is -1.92. The predicted molar refractivity (Wildman–Crippen MR) is 78.1 cm³/mol. The Morgan fingerprint density at radius 2 is 2.04 bits per heavy atom. The molecule has 1 aromatic rings. The van der Waals surface area contributed by atoms with Crippen molar-refractivity contribution in [3.63, 3.8) is 0 Å². The normalized spacial score (nSPS) is 33.9. The number of nitrogens with zero attached hydrogens (tertiary/aromatic N) is 2. The Balaban J connectivity index is 2.21. The number of fused-ring (bicyclic) bond motifs is 1. The van der Waals surface area contributed by atoms with Gasteiger partial charge in [-0.2, -0.15) is 0 Å². The Hall–Kier alpha value is -2.00. The third kappa shape index (κ3) is 1.53. The zero-order valence-electron chi connectivity index (χ0n) is 12.5. The van der Waals surface area contributed by atoms with Gasteiger partial charge in [-0.3, -0.25) is 9.78 Å². The number of aliphatic hydroxyl groups excluding tert-OH is 1. The highest BCUT2D eigenvalue weighted by atomic mass is 32.2. The lowest BCUT2D eigenvalue weighted by molar-refractivity contribution is -0.174. The van der Waals surface area contributed by atoms with Crippen molar-refractivity contribution in [3.8, 4) is 0 Å². The van der Waals surface area contributed by atoms with Gasteiger partial charge in [0, 0.05) is 6.20 Å². The number of pyridine rings is 1. The van der Waals surface area contributed by atoms with Crippen LogP contribution in [0.2, 0.25) is 0 Å². The fraction of sp³-hybridized carbons (Fsp3) is 0.500. The maximum atomic E-state index is 12.9. The molecule has 2 N–H and O–H groups in total. The molecule has 1 unspecified atom stereocenters. The number of aliphatic hydroxyl groups is 1. The molecule has 8 nitrogen and oxygen atoms in total. The van der Waals surface area contributed by atoms with E-state index in [1.54, 1.807) is 12.1 Å². The zero-order chi connectivity index (χ0) is 17.2. The number of amides is 1. The molecule has 2 saturated heterocycles. The molecule has 23 heavy (non-hydrogen) atoms. The highest BCUT2D eigenvalue weighted by Crippen LogP contribution is 2.56. The summed E-state index contributed by atoms with van der Waals surface area (Å²) in [6.07, 6.45) is 1.44. The summed E-state index contributed by atoms with van der Waals surface area (Å²) in [7, 11) is -4.04. The highest BCUT2D eigenvalue weighted by Gasteiger charge is 2.80. The van der Waals surface area contributed by atoms with Crippen LogP contribution >= 0.6 is 0 Å². The average molecular weight is 340 g/mol. The van der Waals surface area contributed by atoms with Crippen LogP contribution in [0.3, 0.4) is 0 Å². The molecule has 0 bridgehead atoms. The van der Waals surface area contributed by atoms with Crippen LogP contribution in [0.1, 0.15) is 25.5 Å². The standard InChI is InChI=1S/C14H16N2O6S/c1-13(2)14(7-17,12(19)20)16-10(18)9(11(16)23(13,21)22)8-5-3-4-6-15-8/h3-6,9,11,17H,7H2,1-2H3,(H,19,20)/t9?,11-,14+/m1/s1. The summed E-state index contributed by atoms with van der Waals surface area (Å²) in [5, 5.41) is 18.0. The molecule has 0 aliphatic carbocycles. The van der Waals surface area contributed by atoms with E-state index in [2.05, 4.69) is 4.98 Å². The number of hydrogen-bond acceptors (Lipinski definition) is 6. The van der Waals surface area contributed by atoms with Crippen molar-refractivity contribution in [3.05, 3.63) is 30.1 Å². The van der Waals surface area contributed by atoms with Gasteiger partial charge < -0.3 is 15.1 Å². The molecule has 0 radical (unpaired) electrons. The summed E-state index contributed by atoms with van der Waals surface area (Å²) in [4.78, 5) is 29.2. The molecule has 1 aromatic heterocycles. The Morgan fingerprint density at radius 3 is 2.52 bits per heavy atom. The molecule has 2 aliphatic heterocycles. The lowest BCUT2D eigenvalue weighted by Gasteiger charge is -2.47. The lowest BCUT2D eigenvalue weighted by atomic mass is 9.79. The van der Waals surface area contributed by atoms with Gasteiger partial charge in [-0.1, -0.05) is 6.07 Å². The Bertz CT molecular complexity index is 791. The van der Waals surface area contributed by atoms with Gasteiger partial charge in [-0.05, 0) is 26.0 Å². The van der Waals surface area contributed by atoms with Crippen LogP contribution in [0.15, 0.2) is 24.4 Å². The van der Waals surface area contributed by atoms with E-state index in [0.29, 0.717) is 0 Å². The number of carboxylic acid groups (broad SMARTS) is 1. The number of aromatic nitrogens is 1. The molecule has 1 amide bonds. The molecular formula is C14H16N2O6S. The van der Waals surface area contributed by atoms with Gasteiger partial charge in [0.2, 0.25) is 5.91 Å². The zero-order valence-corrected chi connectivity index (χ0v) is 13.3. The summed E-state index contributed by atoms with van der Waals surface area (Å²) in [5.74, 6) is -3.24. The van der Waals surface area contributed by atoms with E-state index in [0.717, 1.165) is 4.90 Å². The first-order valence-corrected chi connectivity index (χ1v) is 8.51. The Kier molecular flexibility index (Phi) is 3.12. The highest BCUT2D eigenvalue weighted by molar-refractivity contribution is 7.94. The fourth-order valence-electron chi connectivity index (χ4n) is 3.54. The molecule has 2 aliphatic rings. The van der Waals surface area contributed by atoms with Crippen LogP contribution < -0.4 is 0 Å². The molecular weight excluding hydrogens is 324 g/mol. The third-order valence-corrected chi connectivity index (χ3v) is 7.95. The van der Waals surface area contributed by atoms with Crippen LogP contribution in [-0.2, 0) is 19.4 Å². The van der Waals surface area contributed by atoms with Crippen LogP contribution in [0.4, 0.5) is 0 Å². The smallest absolute Gasteiger partial charge is 0.333 e. The second-order valence-electron chi connectivity index (χ2n) is 6.21. The van der Waals surface area contributed by atoms with E-state index in [1.807, 2.05) is 0 Å². The van der Waals surface area contributed by atoms with Crippen LogP contribution in [0.5, 0.6) is 0 Å². The maximum Gasteiger partial charge on any atom is 0.333 e. The number of β-lactam (4-membered cyclic amide) rings is 1. The minimum Gasteiger partial charge on any atom is -0.479 e. The number of rotatable bonds is 3. The number of carbonyl (C=O) groups excluding carboxylic acids is 1. The number of hydrogen-bond donors (Lipinski definition) is 2. The van der Waals surface area contributed by atoms with E-state index in [1.165, 1.54) is 26.1 Å². The fourth-order valence-corrected chi connectivity index (χ4v) is 6.04. The van der Waals surface area contributed by atoms with E-state index in [4.69, 9.17) is 0 Å². The van der Waals surface area contributed by atoms with Gasteiger partial charge in [0.15, 0.2) is 20.8 Å². The van der Waals surface area contributed by atoms with Crippen molar-refractivity contribution >= 4 is 21.7 Å². The first kappa shape index (κ1) is 15.9. The SMILES string of the molecule is CC1(C)[C@](CO)(C(=O)O)N2C(=O)C(c3ccccn3)[C@H]2S1(=O)=O. The van der Waals surface area contributed by atoms with Gasteiger partial charge >= 0.3 is 5.97 Å². The van der Waals surface area contributed by atoms with Crippen molar-refractivity contribution in [1.82, 2.24) is 9.88 Å². The van der Waals surface area contributed by atoms with E-state index < -0.39 is 49.9 Å². The number of carbonyl (C=O) groups is 2. The summed E-state index contributed by atoms with van der Waals surface area (Å²) >= 11 is 0. The van der Waals surface area contributed by atoms with Crippen LogP contribution in [-0.4, -0.2) is 62.7 Å². The van der Waals surface area contributed by atoms with Gasteiger partial charge in [0.25, 0.3) is 0 Å². The van der Waals surface area contributed by atoms with Gasteiger partial charge in [0.1, 0.15) is 10.7 Å². The van der Waals surface area contributed by atoms with Crippen LogP contribution in [0.25, 0.3) is 0 Å². The topological polar surface area (TPSA) is 125 Å². The minimum atomic E-state index is -4.04. The van der Waals surface area contributed by atoms with Gasteiger partial charge in [0.05, 0.1) is 12.3 Å². The summed E-state index contributed by atoms with van der Waals surface area (Å²) in [6, 6.07) is 4.79. The van der Waals surface area contributed by atoms with Gasteiger partial charge in [-0.25, -0.2) is 13.2 Å². The molecule has 3 atom stereocenters. The molecule has 124 valence electrons. The van der Waals surface area contributed by atoms with Crippen molar-refractivity contribution in [1.29, 1.82) is 0 Å². The van der Waals surface area contributed by atoms with E-state index >= 15 is 0 Å². The Labute approximate surface area is 132 Å². The second kappa shape index (κ2) is 4.51. The maximum absolute atomic E-state index is 12.9. The molecule has 9 heteroatoms. The number of aliphatic carboxylic acids is 1. The third-order valence-electron chi connectivity index (χ3n) is 5.07. The van der Waals surface area contributed by atoms with E-state index in [-0.39, 0.29) is 5.69 Å². The molecule has 0 saturated carbocycles. The monoisotopic (exact) mass is 340 g/mol. The average Bonchev–Trinajstić information content (AvgIpc) is 2.61.